The van der Waals surface area contributed by atoms with Gasteiger partial charge in [-0.25, -0.2) is 9.55 Å². The van der Waals surface area contributed by atoms with Crippen molar-refractivity contribution in [2.45, 2.75) is 20.8 Å². The Kier molecular flexibility index (Phi) is 4.28. The molecule has 0 saturated heterocycles. The topological polar surface area (TPSA) is 33.2 Å². The number of hydrogen-bond acceptors (Lipinski definition) is 3. The van der Waals surface area contributed by atoms with Crippen LogP contribution in [0.3, 0.4) is 0 Å². The van der Waals surface area contributed by atoms with Crippen molar-refractivity contribution in [3.8, 4) is 11.1 Å². The molecular formula is C25H25BN3O+. The second-order valence-electron chi connectivity index (χ2n) is 8.30. The van der Waals surface area contributed by atoms with Gasteiger partial charge in [0, 0.05) is 27.9 Å². The van der Waals surface area contributed by atoms with E-state index in [2.05, 4.69) is 97.2 Å². The van der Waals surface area contributed by atoms with E-state index in [1.54, 1.807) is 0 Å². The van der Waals surface area contributed by atoms with Crippen molar-refractivity contribution < 1.29 is 8.98 Å². The van der Waals surface area contributed by atoms with Crippen molar-refractivity contribution in [2.75, 3.05) is 7.05 Å². The van der Waals surface area contributed by atoms with Gasteiger partial charge >= 0.3 is 6.85 Å². The van der Waals surface area contributed by atoms with Crippen LogP contribution in [0.4, 0.5) is 0 Å². The molecule has 4 nitrogen and oxygen atoms in total. The largest absolute Gasteiger partial charge is 0.438 e. The van der Waals surface area contributed by atoms with Gasteiger partial charge in [0.1, 0.15) is 12.5 Å². The Morgan fingerprint density at radius 2 is 1.80 bits per heavy atom. The normalized spacial score (nSPS) is 13.6. The average molecular weight is 394 g/mol. The third-order valence-corrected chi connectivity index (χ3v) is 6.13. The first-order chi connectivity index (χ1) is 14.4. The third-order valence-electron chi connectivity index (χ3n) is 6.13. The number of aromatic nitrogens is 2. The van der Waals surface area contributed by atoms with Gasteiger partial charge in [0.2, 0.25) is 5.71 Å². The summed E-state index contributed by atoms with van der Waals surface area (Å²) in [6.07, 6.45) is 4.43. The van der Waals surface area contributed by atoms with Gasteiger partial charge in [-0.3, -0.25) is 0 Å². The van der Waals surface area contributed by atoms with E-state index >= 15 is 0 Å². The van der Waals surface area contributed by atoms with Crippen LogP contribution in [0, 0.1) is 13.8 Å². The molecule has 1 aromatic carbocycles. The Morgan fingerprint density at radius 1 is 1.03 bits per heavy atom. The van der Waals surface area contributed by atoms with E-state index in [0.717, 1.165) is 21.7 Å². The smallest absolute Gasteiger partial charge is 0.402 e. The lowest BCUT2D eigenvalue weighted by Gasteiger charge is -2.24. The summed E-state index contributed by atoms with van der Waals surface area (Å²) in [5.74, 6) is 0. The molecule has 0 aliphatic carbocycles. The van der Waals surface area contributed by atoms with Crippen LogP contribution in [0.15, 0.2) is 59.1 Å². The van der Waals surface area contributed by atoms with Gasteiger partial charge in [0.05, 0.1) is 0 Å². The highest BCUT2D eigenvalue weighted by atomic mass is 16.3. The highest BCUT2D eigenvalue weighted by Crippen LogP contribution is 2.21. The van der Waals surface area contributed by atoms with Gasteiger partial charge in [-0.15, -0.1) is 0 Å². The number of hydrogen-bond donors (Lipinski definition) is 0. The van der Waals surface area contributed by atoms with Crippen LogP contribution in [0.2, 0.25) is 0 Å². The molecule has 0 atom stereocenters. The van der Waals surface area contributed by atoms with Crippen molar-refractivity contribution in [1.82, 2.24) is 9.79 Å². The lowest BCUT2D eigenvalue weighted by atomic mass is 9.50. The number of rotatable bonds is 2. The summed E-state index contributed by atoms with van der Waals surface area (Å²) >= 11 is 0. The van der Waals surface area contributed by atoms with Crippen LogP contribution in [-0.2, 0) is 7.05 Å². The predicted octanol–water partition coefficient (Wildman–Crippen LogP) is 2.23. The molecule has 0 unspecified atom stereocenters. The summed E-state index contributed by atoms with van der Waals surface area (Å²) in [4.78, 5) is 6.87. The summed E-state index contributed by atoms with van der Waals surface area (Å²) < 4.78 is 8.47. The number of pyridine rings is 2. The molecule has 0 N–H and O–H groups in total. The highest BCUT2D eigenvalue weighted by Gasteiger charge is 2.36. The Labute approximate surface area is 176 Å². The Morgan fingerprint density at radius 3 is 2.57 bits per heavy atom. The Balaban J connectivity index is 1.69. The Hall–Kier alpha value is -3.34. The van der Waals surface area contributed by atoms with Crippen molar-refractivity contribution in [3.63, 3.8) is 0 Å². The summed E-state index contributed by atoms with van der Waals surface area (Å²) in [7, 11) is 4.26. The number of benzene rings is 1. The van der Waals surface area contributed by atoms with Gasteiger partial charge in [0.15, 0.2) is 11.8 Å². The van der Waals surface area contributed by atoms with Crippen LogP contribution < -0.4 is 20.8 Å². The standard InChI is InChI=1S/C25H25BN3O/c1-16-13-23(28(4)14-21(16)19-9-7-6-8-10-19)26-18(3)24-22(15-29(26)5)20-12-11-17(2)27-25(20)30-24/h6-15H,1-5H3/q+1. The van der Waals surface area contributed by atoms with Crippen molar-refractivity contribution in [1.29, 1.82) is 0 Å². The molecule has 0 fully saturated rings. The van der Waals surface area contributed by atoms with Crippen molar-refractivity contribution in [3.05, 3.63) is 76.6 Å². The molecule has 0 bridgehead atoms. The quantitative estimate of drug-likeness (QED) is 0.386. The molecule has 4 heterocycles. The van der Waals surface area contributed by atoms with E-state index < -0.39 is 0 Å². The molecule has 5 rings (SSSR count). The van der Waals surface area contributed by atoms with E-state index in [9.17, 15) is 0 Å². The van der Waals surface area contributed by atoms with Crippen molar-refractivity contribution in [2.24, 2.45) is 7.05 Å². The van der Waals surface area contributed by atoms with Crippen LogP contribution in [-0.4, -0.2) is 23.7 Å². The highest BCUT2D eigenvalue weighted by molar-refractivity contribution is 6.85. The summed E-state index contributed by atoms with van der Waals surface area (Å²) in [6.45, 7) is 6.45. The monoisotopic (exact) mass is 394 g/mol. The van der Waals surface area contributed by atoms with E-state index in [1.165, 1.54) is 27.8 Å². The fraction of sp³-hybridized carbons (Fsp3) is 0.200. The summed E-state index contributed by atoms with van der Waals surface area (Å²) in [5, 5.41) is 2.19. The SMILES string of the molecule is CC1=c2oc3nc(C)ccc3c2=CN(C)B1c1cc(C)c(-c2ccccc2)c[n+]1C. The van der Waals surface area contributed by atoms with E-state index in [4.69, 9.17) is 4.42 Å². The number of furan rings is 1. The van der Waals surface area contributed by atoms with Gasteiger partial charge < -0.3 is 9.23 Å². The molecule has 1 aliphatic rings. The van der Waals surface area contributed by atoms with Gasteiger partial charge in [0.25, 0.3) is 0 Å². The first kappa shape index (κ1) is 18.7. The van der Waals surface area contributed by atoms with Gasteiger partial charge in [-0.2, -0.15) is 0 Å². The minimum absolute atomic E-state index is 0.104. The van der Waals surface area contributed by atoms with Crippen LogP contribution >= 0.6 is 0 Å². The van der Waals surface area contributed by atoms with Gasteiger partial charge in [-0.05, 0) is 62.8 Å². The van der Waals surface area contributed by atoms with E-state index in [0.29, 0.717) is 5.71 Å². The minimum Gasteiger partial charge on any atom is -0.438 e. The first-order valence-corrected chi connectivity index (χ1v) is 10.3. The van der Waals surface area contributed by atoms with Gasteiger partial charge in [-0.1, -0.05) is 30.3 Å². The summed E-state index contributed by atoms with van der Waals surface area (Å²) in [5.41, 5.74) is 8.82. The van der Waals surface area contributed by atoms with Crippen LogP contribution in [0.5, 0.6) is 0 Å². The fourth-order valence-electron chi connectivity index (χ4n) is 4.61. The molecule has 30 heavy (non-hydrogen) atoms. The molecule has 0 amide bonds. The minimum atomic E-state index is 0.104. The third kappa shape index (κ3) is 2.85. The van der Waals surface area contributed by atoms with E-state index in [1.807, 2.05) is 13.0 Å². The molecular weight excluding hydrogens is 369 g/mol. The zero-order valence-electron chi connectivity index (χ0n) is 18.1. The number of fused-ring (bicyclic) bond motifs is 3. The van der Waals surface area contributed by atoms with Crippen molar-refractivity contribution >= 4 is 35.2 Å². The number of nitrogens with zero attached hydrogens (tertiary/aromatic N) is 3. The lowest BCUT2D eigenvalue weighted by molar-refractivity contribution is -0.653. The summed E-state index contributed by atoms with van der Waals surface area (Å²) in [6, 6.07) is 17.0. The average Bonchev–Trinajstić information content (AvgIpc) is 3.08. The maximum Gasteiger partial charge on any atom is 0.402 e. The first-order valence-electron chi connectivity index (χ1n) is 10.3. The zero-order valence-corrected chi connectivity index (χ0v) is 18.1. The molecule has 0 saturated carbocycles. The molecule has 1 aliphatic heterocycles. The maximum absolute atomic E-state index is 6.23. The molecule has 0 radical (unpaired) electrons. The molecule has 4 aromatic rings. The fourth-order valence-corrected chi connectivity index (χ4v) is 4.61. The number of aryl methyl sites for hydroxylation is 3. The predicted molar refractivity (Wildman–Crippen MR) is 122 cm³/mol. The van der Waals surface area contributed by atoms with Crippen LogP contribution in [0.1, 0.15) is 18.2 Å². The van der Waals surface area contributed by atoms with Crippen LogP contribution in [0.25, 0.3) is 33.9 Å². The maximum atomic E-state index is 6.23. The van der Waals surface area contributed by atoms with E-state index in [-0.39, 0.29) is 6.85 Å². The Bertz CT molecular complexity index is 1410. The second-order valence-corrected chi connectivity index (χ2v) is 8.30. The zero-order chi connectivity index (χ0) is 21.0. The molecule has 148 valence electrons. The molecule has 0 spiro atoms. The lowest BCUT2D eigenvalue weighted by Crippen LogP contribution is -2.62. The second kappa shape index (κ2) is 6.87. The molecule has 3 aromatic heterocycles. The molecule has 5 heteroatoms.